The van der Waals surface area contributed by atoms with Gasteiger partial charge >= 0.3 is 0 Å². The Labute approximate surface area is 82.8 Å². The molecule has 80 valence electrons. The van der Waals surface area contributed by atoms with Gasteiger partial charge < -0.3 is 14.2 Å². The summed E-state index contributed by atoms with van der Waals surface area (Å²) in [6.45, 7) is 1.22. The van der Waals surface area contributed by atoms with Crippen LogP contribution in [0.5, 0.6) is 0 Å². The lowest BCUT2D eigenvalue weighted by atomic mass is 10.2. The van der Waals surface area contributed by atoms with Gasteiger partial charge in [-0.05, 0) is 24.8 Å². The number of ether oxygens (including phenoxy) is 3. The molecule has 0 aromatic rings. The smallest absolute Gasteiger partial charge is 0.163 e. The molecule has 0 spiro atoms. The second-order valence-electron chi connectivity index (χ2n) is 3.01. The Kier molecular flexibility index (Phi) is 6.10. The van der Waals surface area contributed by atoms with E-state index >= 15 is 0 Å². The lowest BCUT2D eigenvalue weighted by Gasteiger charge is -2.22. The molecular weight excluding hydrogens is 186 g/mol. The van der Waals surface area contributed by atoms with Gasteiger partial charge in [-0.25, -0.2) is 0 Å². The summed E-state index contributed by atoms with van der Waals surface area (Å²) in [5, 5.41) is 3.45. The van der Waals surface area contributed by atoms with Gasteiger partial charge in [-0.2, -0.15) is 0 Å². The van der Waals surface area contributed by atoms with Crippen LogP contribution < -0.4 is 0 Å². The molecule has 0 aromatic carbocycles. The summed E-state index contributed by atoms with van der Waals surface area (Å²) in [6, 6.07) is 0. The standard InChI is InChI=1S/C8H15N3O3/c9-11-10-5-3-1-2-4-8-13-6-12-7-14-8/h8H,1-7H2. The highest BCUT2D eigenvalue weighted by atomic mass is 16.8. The van der Waals surface area contributed by atoms with Crippen molar-refractivity contribution in [3.8, 4) is 0 Å². The number of hydrogen-bond acceptors (Lipinski definition) is 4. The van der Waals surface area contributed by atoms with Gasteiger partial charge in [0.15, 0.2) is 19.9 Å². The number of nitrogens with zero attached hydrogens (tertiary/aromatic N) is 3. The topological polar surface area (TPSA) is 76.5 Å². The first kappa shape index (κ1) is 11.3. The van der Waals surface area contributed by atoms with Crippen molar-refractivity contribution in [1.82, 2.24) is 0 Å². The summed E-state index contributed by atoms with van der Waals surface area (Å²) in [4.78, 5) is 2.68. The average molecular weight is 201 g/mol. The van der Waals surface area contributed by atoms with Crippen molar-refractivity contribution in [2.45, 2.75) is 32.0 Å². The first-order valence-corrected chi connectivity index (χ1v) is 4.75. The molecule has 1 aliphatic rings. The number of rotatable bonds is 6. The second kappa shape index (κ2) is 7.58. The third-order valence-electron chi connectivity index (χ3n) is 1.94. The zero-order chi connectivity index (χ0) is 10.1. The Morgan fingerprint density at radius 1 is 1.21 bits per heavy atom. The van der Waals surface area contributed by atoms with Crippen LogP contribution in [0.1, 0.15) is 25.7 Å². The molecular formula is C8H15N3O3. The summed E-state index contributed by atoms with van der Waals surface area (Å²) in [7, 11) is 0. The summed E-state index contributed by atoms with van der Waals surface area (Å²) >= 11 is 0. The molecule has 1 heterocycles. The second-order valence-corrected chi connectivity index (χ2v) is 3.01. The fraction of sp³-hybridized carbons (Fsp3) is 1.00. The van der Waals surface area contributed by atoms with Crippen molar-refractivity contribution in [2.24, 2.45) is 5.11 Å². The molecule has 0 saturated carbocycles. The molecule has 1 rings (SSSR count). The normalized spacial score (nSPS) is 17.7. The maximum Gasteiger partial charge on any atom is 0.163 e. The van der Waals surface area contributed by atoms with E-state index in [1.54, 1.807) is 0 Å². The van der Waals surface area contributed by atoms with E-state index in [4.69, 9.17) is 19.7 Å². The molecule has 0 N–H and O–H groups in total. The van der Waals surface area contributed by atoms with Crippen LogP contribution in [0.25, 0.3) is 10.4 Å². The molecule has 0 bridgehead atoms. The largest absolute Gasteiger partial charge is 0.329 e. The number of azide groups is 1. The van der Waals surface area contributed by atoms with E-state index in [1.165, 1.54) is 0 Å². The van der Waals surface area contributed by atoms with Crippen molar-refractivity contribution in [3.63, 3.8) is 0 Å². The van der Waals surface area contributed by atoms with E-state index in [1.807, 2.05) is 0 Å². The van der Waals surface area contributed by atoms with Crippen LogP contribution in [-0.2, 0) is 14.2 Å². The van der Waals surface area contributed by atoms with Gasteiger partial charge in [0.2, 0.25) is 0 Å². The lowest BCUT2D eigenvalue weighted by molar-refractivity contribution is -0.300. The third kappa shape index (κ3) is 5.04. The quantitative estimate of drug-likeness (QED) is 0.286. The molecule has 6 nitrogen and oxygen atoms in total. The first-order valence-electron chi connectivity index (χ1n) is 4.75. The van der Waals surface area contributed by atoms with Crippen LogP contribution in [-0.4, -0.2) is 26.4 Å². The SMILES string of the molecule is [N-]=[N+]=NCCCCCC1OCOCO1. The predicted molar refractivity (Wildman–Crippen MR) is 49.3 cm³/mol. The van der Waals surface area contributed by atoms with Crippen molar-refractivity contribution in [1.29, 1.82) is 0 Å². The minimum Gasteiger partial charge on any atom is -0.329 e. The van der Waals surface area contributed by atoms with Crippen LogP contribution in [0, 0.1) is 0 Å². The van der Waals surface area contributed by atoms with E-state index in [9.17, 15) is 0 Å². The van der Waals surface area contributed by atoms with Crippen molar-refractivity contribution < 1.29 is 14.2 Å². The molecule has 1 saturated heterocycles. The van der Waals surface area contributed by atoms with Crippen LogP contribution in [0.3, 0.4) is 0 Å². The van der Waals surface area contributed by atoms with Gasteiger partial charge in [-0.15, -0.1) is 0 Å². The molecule has 0 aliphatic carbocycles. The third-order valence-corrected chi connectivity index (χ3v) is 1.94. The van der Waals surface area contributed by atoms with E-state index in [0.717, 1.165) is 25.7 Å². The fourth-order valence-electron chi connectivity index (χ4n) is 1.21. The summed E-state index contributed by atoms with van der Waals surface area (Å²) < 4.78 is 15.2. The Morgan fingerprint density at radius 3 is 2.71 bits per heavy atom. The zero-order valence-corrected chi connectivity index (χ0v) is 8.09. The Balaban J connectivity index is 1.89. The minimum atomic E-state index is -0.122. The molecule has 0 radical (unpaired) electrons. The predicted octanol–water partition coefficient (Wildman–Crippen LogP) is 2.16. The van der Waals surface area contributed by atoms with Gasteiger partial charge in [0, 0.05) is 11.5 Å². The van der Waals surface area contributed by atoms with Crippen LogP contribution in [0.15, 0.2) is 5.11 Å². The lowest BCUT2D eigenvalue weighted by Crippen LogP contribution is -2.26. The van der Waals surface area contributed by atoms with Gasteiger partial charge in [0.1, 0.15) is 0 Å². The Bertz CT molecular complexity index is 188. The summed E-state index contributed by atoms with van der Waals surface area (Å²) in [5.74, 6) is 0. The molecule has 1 fully saturated rings. The fourth-order valence-corrected chi connectivity index (χ4v) is 1.21. The molecule has 0 amide bonds. The van der Waals surface area contributed by atoms with E-state index in [0.29, 0.717) is 20.1 Å². The molecule has 6 heteroatoms. The van der Waals surface area contributed by atoms with E-state index < -0.39 is 0 Å². The van der Waals surface area contributed by atoms with Crippen molar-refractivity contribution >= 4 is 0 Å². The maximum absolute atomic E-state index is 8.03. The van der Waals surface area contributed by atoms with Gasteiger partial charge in [-0.1, -0.05) is 11.5 Å². The van der Waals surface area contributed by atoms with Crippen LogP contribution in [0.4, 0.5) is 0 Å². The van der Waals surface area contributed by atoms with Gasteiger partial charge in [-0.3, -0.25) is 0 Å². The Morgan fingerprint density at radius 2 is 2.00 bits per heavy atom. The Hall–Kier alpha value is -0.810. The number of unbranched alkanes of at least 4 members (excludes halogenated alkanes) is 2. The van der Waals surface area contributed by atoms with Crippen LogP contribution >= 0.6 is 0 Å². The average Bonchev–Trinajstić information content (AvgIpc) is 2.25. The summed E-state index contributed by atoms with van der Waals surface area (Å²) in [6.07, 6.45) is 3.73. The molecule has 0 atom stereocenters. The van der Waals surface area contributed by atoms with Crippen molar-refractivity contribution in [3.05, 3.63) is 10.4 Å². The van der Waals surface area contributed by atoms with Crippen molar-refractivity contribution in [2.75, 3.05) is 20.1 Å². The maximum atomic E-state index is 8.03. The minimum absolute atomic E-state index is 0.122. The highest BCUT2D eigenvalue weighted by Gasteiger charge is 2.12. The van der Waals surface area contributed by atoms with E-state index in [-0.39, 0.29) is 6.29 Å². The summed E-state index contributed by atoms with van der Waals surface area (Å²) in [5.41, 5.74) is 8.03. The monoisotopic (exact) mass is 201 g/mol. The highest BCUT2D eigenvalue weighted by molar-refractivity contribution is 4.51. The van der Waals surface area contributed by atoms with Crippen LogP contribution in [0.2, 0.25) is 0 Å². The molecule has 0 unspecified atom stereocenters. The zero-order valence-electron chi connectivity index (χ0n) is 8.09. The van der Waals surface area contributed by atoms with Gasteiger partial charge in [0.05, 0.1) is 0 Å². The molecule has 1 aliphatic heterocycles. The molecule has 0 aromatic heterocycles. The highest BCUT2D eigenvalue weighted by Crippen LogP contribution is 2.11. The molecule has 14 heavy (non-hydrogen) atoms. The van der Waals surface area contributed by atoms with Gasteiger partial charge in [0.25, 0.3) is 0 Å². The first-order chi connectivity index (χ1) is 6.93. The number of hydrogen-bond donors (Lipinski definition) is 0. The van der Waals surface area contributed by atoms with E-state index in [2.05, 4.69) is 10.0 Å².